The molecule has 0 aromatic heterocycles. The van der Waals surface area contributed by atoms with E-state index in [9.17, 15) is 18.0 Å². The van der Waals surface area contributed by atoms with E-state index in [4.69, 9.17) is 0 Å². The molecule has 0 unspecified atom stereocenters. The first-order valence-corrected chi connectivity index (χ1v) is 17.1. The van der Waals surface area contributed by atoms with Crippen molar-refractivity contribution in [3.63, 3.8) is 0 Å². The molecule has 0 saturated carbocycles. The quantitative estimate of drug-likeness (QED) is 0.169. The van der Waals surface area contributed by atoms with Crippen LogP contribution in [0.15, 0.2) is 119 Å². The molecular formula is C33H33BrIN3O4S. The van der Waals surface area contributed by atoms with E-state index in [1.54, 1.807) is 42.5 Å². The van der Waals surface area contributed by atoms with Gasteiger partial charge in [0.25, 0.3) is 10.0 Å². The van der Waals surface area contributed by atoms with Crippen molar-refractivity contribution in [2.24, 2.45) is 0 Å². The van der Waals surface area contributed by atoms with E-state index in [0.29, 0.717) is 5.69 Å². The third-order valence-electron chi connectivity index (χ3n) is 6.69. The third kappa shape index (κ3) is 8.90. The molecule has 4 rings (SSSR count). The zero-order chi connectivity index (χ0) is 31.0. The van der Waals surface area contributed by atoms with Crippen molar-refractivity contribution in [1.29, 1.82) is 0 Å². The smallest absolute Gasteiger partial charge is 0.264 e. The van der Waals surface area contributed by atoms with Crippen LogP contribution in [0.4, 0.5) is 5.69 Å². The van der Waals surface area contributed by atoms with E-state index in [1.807, 2.05) is 68.4 Å². The molecule has 4 aromatic carbocycles. The van der Waals surface area contributed by atoms with Gasteiger partial charge in [-0.25, -0.2) is 8.42 Å². The average molecular weight is 775 g/mol. The summed E-state index contributed by atoms with van der Waals surface area (Å²) in [6.45, 7) is 3.35. The first kappa shape index (κ1) is 32.7. The Morgan fingerprint density at radius 3 is 1.98 bits per heavy atom. The fraction of sp³-hybridized carbons (Fsp3) is 0.212. The lowest BCUT2D eigenvalue weighted by molar-refractivity contribution is -0.140. The number of hydrogen-bond donors (Lipinski definition) is 1. The molecule has 0 bridgehead atoms. The number of nitrogens with one attached hydrogen (secondary N) is 1. The van der Waals surface area contributed by atoms with E-state index in [0.717, 1.165) is 23.5 Å². The maximum Gasteiger partial charge on any atom is 0.264 e. The van der Waals surface area contributed by atoms with Crippen molar-refractivity contribution in [3.8, 4) is 0 Å². The zero-order valence-corrected chi connectivity index (χ0v) is 28.4. The lowest BCUT2D eigenvalue weighted by Gasteiger charge is -2.34. The summed E-state index contributed by atoms with van der Waals surface area (Å²) in [5.74, 6) is -0.808. The van der Waals surface area contributed by atoms with Gasteiger partial charge in [-0.05, 0) is 96.1 Å². The van der Waals surface area contributed by atoms with Crippen molar-refractivity contribution in [2.75, 3.05) is 10.8 Å². The van der Waals surface area contributed by atoms with Crippen LogP contribution in [0.25, 0.3) is 0 Å². The Balaban J connectivity index is 1.79. The van der Waals surface area contributed by atoms with Gasteiger partial charge in [-0.1, -0.05) is 76.6 Å². The number of carbonyl (C=O) groups excluding carboxylic acids is 2. The molecule has 0 saturated heterocycles. The van der Waals surface area contributed by atoms with E-state index < -0.39 is 28.5 Å². The summed E-state index contributed by atoms with van der Waals surface area (Å²) >= 11 is 5.60. The minimum Gasteiger partial charge on any atom is -0.352 e. The fourth-order valence-corrected chi connectivity index (χ4v) is 6.64. The Morgan fingerprint density at radius 2 is 1.40 bits per heavy atom. The van der Waals surface area contributed by atoms with Crippen molar-refractivity contribution >= 4 is 66.0 Å². The SMILES string of the molecule is CC(C)NC(=O)[C@H](Cc1ccccc1)N(Cc1ccc(Br)cc1)C(=O)CN(c1ccc(I)cc1)S(=O)(=O)c1ccccc1. The highest BCUT2D eigenvalue weighted by molar-refractivity contribution is 14.1. The fourth-order valence-electron chi connectivity index (χ4n) is 4.58. The molecule has 2 amide bonds. The van der Waals surface area contributed by atoms with Crippen LogP contribution in [0.5, 0.6) is 0 Å². The highest BCUT2D eigenvalue weighted by atomic mass is 127. The van der Waals surface area contributed by atoms with Crippen LogP contribution in [0.1, 0.15) is 25.0 Å². The van der Waals surface area contributed by atoms with Gasteiger partial charge in [0, 0.05) is 27.1 Å². The number of rotatable bonds is 12. The normalized spacial score (nSPS) is 12.0. The maximum absolute atomic E-state index is 14.4. The Hall–Kier alpha value is -3.22. The molecule has 0 radical (unpaired) electrons. The highest BCUT2D eigenvalue weighted by Gasteiger charge is 2.34. The average Bonchev–Trinajstić information content (AvgIpc) is 2.99. The summed E-state index contributed by atoms with van der Waals surface area (Å²) in [6.07, 6.45) is 0.261. The monoisotopic (exact) mass is 773 g/mol. The molecule has 0 heterocycles. The summed E-state index contributed by atoms with van der Waals surface area (Å²) in [6, 6.07) is 30.9. The standard InChI is InChI=1S/C33H33BrIN3O4S/c1-24(2)36-33(40)31(21-25-9-5-3-6-10-25)37(22-26-13-15-27(34)16-14-26)32(39)23-38(29-19-17-28(35)18-20-29)43(41,42)30-11-7-4-8-12-30/h3-20,24,31H,21-23H2,1-2H3,(H,36,40)/t31-/m0/s1. The number of hydrogen-bond acceptors (Lipinski definition) is 4. The van der Waals surface area contributed by atoms with Crippen molar-refractivity contribution < 1.29 is 18.0 Å². The summed E-state index contributed by atoms with van der Waals surface area (Å²) in [4.78, 5) is 29.7. The number of sulfonamides is 1. The molecule has 1 N–H and O–H groups in total. The second-order valence-corrected chi connectivity index (χ2v) is 14.3. The van der Waals surface area contributed by atoms with Gasteiger partial charge < -0.3 is 10.2 Å². The van der Waals surface area contributed by atoms with Gasteiger partial charge >= 0.3 is 0 Å². The van der Waals surface area contributed by atoms with Crippen LogP contribution in [0.3, 0.4) is 0 Å². The number of carbonyl (C=O) groups is 2. The van der Waals surface area contributed by atoms with Gasteiger partial charge in [-0.3, -0.25) is 13.9 Å². The number of amides is 2. The van der Waals surface area contributed by atoms with Crippen molar-refractivity contribution in [2.45, 2.75) is 43.8 Å². The molecule has 224 valence electrons. The van der Waals surface area contributed by atoms with Crippen LogP contribution in [0, 0.1) is 3.57 Å². The Bertz CT molecular complexity index is 1620. The second-order valence-electron chi connectivity index (χ2n) is 10.3. The molecule has 4 aromatic rings. The predicted molar refractivity (Wildman–Crippen MR) is 182 cm³/mol. The number of halogens is 2. The molecular weight excluding hydrogens is 741 g/mol. The van der Waals surface area contributed by atoms with Crippen LogP contribution in [0.2, 0.25) is 0 Å². The maximum atomic E-state index is 14.4. The van der Waals surface area contributed by atoms with Gasteiger partial charge in [0.2, 0.25) is 11.8 Å². The van der Waals surface area contributed by atoms with E-state index in [-0.39, 0.29) is 29.8 Å². The van der Waals surface area contributed by atoms with Crippen LogP contribution in [-0.4, -0.2) is 43.8 Å². The summed E-state index contributed by atoms with van der Waals surface area (Å²) in [7, 11) is -4.12. The highest BCUT2D eigenvalue weighted by Crippen LogP contribution is 2.26. The largest absolute Gasteiger partial charge is 0.352 e. The van der Waals surface area contributed by atoms with E-state index in [2.05, 4.69) is 43.8 Å². The molecule has 7 nitrogen and oxygen atoms in total. The minimum atomic E-state index is -4.12. The van der Waals surface area contributed by atoms with Crippen molar-refractivity contribution in [1.82, 2.24) is 10.2 Å². The van der Waals surface area contributed by atoms with E-state index in [1.165, 1.54) is 17.0 Å². The minimum absolute atomic E-state index is 0.0687. The van der Waals surface area contributed by atoms with Gasteiger partial charge in [-0.2, -0.15) is 0 Å². The summed E-state index contributed by atoms with van der Waals surface area (Å²) in [5, 5.41) is 2.97. The predicted octanol–water partition coefficient (Wildman–Crippen LogP) is 6.41. The third-order valence-corrected chi connectivity index (χ3v) is 9.73. The number of anilines is 1. The lowest BCUT2D eigenvalue weighted by Crippen LogP contribution is -2.54. The zero-order valence-electron chi connectivity index (χ0n) is 23.9. The second kappa shape index (κ2) is 15.0. The van der Waals surface area contributed by atoms with Gasteiger partial charge in [-0.15, -0.1) is 0 Å². The molecule has 10 heteroatoms. The molecule has 0 fully saturated rings. The number of benzene rings is 4. The topological polar surface area (TPSA) is 86.8 Å². The van der Waals surface area contributed by atoms with E-state index >= 15 is 0 Å². The Labute approximate surface area is 275 Å². The molecule has 0 aliphatic heterocycles. The number of nitrogens with zero attached hydrogens (tertiary/aromatic N) is 2. The van der Waals surface area contributed by atoms with Crippen LogP contribution in [-0.2, 0) is 32.6 Å². The molecule has 0 spiro atoms. The van der Waals surface area contributed by atoms with Crippen LogP contribution >= 0.6 is 38.5 Å². The molecule has 0 aliphatic rings. The summed E-state index contributed by atoms with van der Waals surface area (Å²) in [5.41, 5.74) is 2.04. The van der Waals surface area contributed by atoms with Gasteiger partial charge in [0.05, 0.1) is 10.6 Å². The Kier molecular flexibility index (Phi) is 11.4. The van der Waals surface area contributed by atoms with Crippen LogP contribution < -0.4 is 9.62 Å². The Morgan fingerprint density at radius 1 is 0.814 bits per heavy atom. The van der Waals surface area contributed by atoms with Gasteiger partial charge in [0.15, 0.2) is 0 Å². The summed E-state index contributed by atoms with van der Waals surface area (Å²) < 4.78 is 30.9. The first-order valence-electron chi connectivity index (χ1n) is 13.8. The first-order chi connectivity index (χ1) is 20.5. The van der Waals surface area contributed by atoms with Gasteiger partial charge in [0.1, 0.15) is 12.6 Å². The lowest BCUT2D eigenvalue weighted by atomic mass is 10.0. The van der Waals surface area contributed by atoms with Crippen molar-refractivity contribution in [3.05, 3.63) is 128 Å². The molecule has 43 heavy (non-hydrogen) atoms. The molecule has 1 atom stereocenters. The molecule has 0 aliphatic carbocycles.